The number of rotatable bonds is 4. The van der Waals surface area contributed by atoms with Gasteiger partial charge in [-0.3, -0.25) is 9.59 Å². The molecule has 2 aromatic carbocycles. The normalized spacial score (nSPS) is 11.0. The Morgan fingerprint density at radius 3 is 2.04 bits per heavy atom. The van der Waals surface area contributed by atoms with Crippen LogP contribution in [0.3, 0.4) is 0 Å². The predicted molar refractivity (Wildman–Crippen MR) is 86.8 cm³/mol. The molecule has 0 bridgehead atoms. The number of nitrogens with one attached hydrogen (secondary N) is 2. The van der Waals surface area contributed by atoms with Gasteiger partial charge in [-0.1, -0.05) is 12.1 Å². The van der Waals surface area contributed by atoms with Crippen molar-refractivity contribution in [3.05, 3.63) is 65.5 Å². The minimum absolute atomic E-state index is 0.179. The van der Waals surface area contributed by atoms with Crippen LogP contribution in [0.5, 0.6) is 0 Å². The number of benzene rings is 2. The van der Waals surface area contributed by atoms with E-state index in [0.29, 0.717) is 22.5 Å². The van der Waals surface area contributed by atoms with Gasteiger partial charge in [0.15, 0.2) is 0 Å². The topological polar surface area (TPSA) is 70.6 Å². The van der Waals surface area contributed by atoms with E-state index >= 15 is 0 Å². The van der Waals surface area contributed by atoms with Crippen LogP contribution in [0.4, 0.5) is 10.1 Å². The fourth-order valence-electron chi connectivity index (χ4n) is 1.86. The highest BCUT2D eigenvalue weighted by molar-refractivity contribution is 6.01. The summed E-state index contributed by atoms with van der Waals surface area (Å²) in [5.74, 6) is -0.882. The van der Waals surface area contributed by atoms with Crippen LogP contribution in [-0.2, 0) is 4.79 Å². The molecule has 0 spiro atoms. The highest BCUT2D eigenvalue weighted by Crippen LogP contribution is 2.09. The van der Waals surface area contributed by atoms with Gasteiger partial charge in [0, 0.05) is 18.2 Å². The van der Waals surface area contributed by atoms with E-state index in [1.54, 1.807) is 43.3 Å². The van der Waals surface area contributed by atoms with Gasteiger partial charge < -0.3 is 5.32 Å². The summed E-state index contributed by atoms with van der Waals surface area (Å²) in [4.78, 5) is 22.9. The van der Waals surface area contributed by atoms with Crippen LogP contribution < -0.4 is 10.7 Å². The number of carbonyl (C=O) groups excluding carboxylic acids is 2. The van der Waals surface area contributed by atoms with Gasteiger partial charge in [-0.2, -0.15) is 5.10 Å². The minimum atomic E-state index is -0.374. The molecule has 2 amide bonds. The van der Waals surface area contributed by atoms with Crippen LogP contribution in [0.1, 0.15) is 29.8 Å². The molecule has 0 unspecified atom stereocenters. The maximum Gasteiger partial charge on any atom is 0.271 e. The molecule has 0 atom stereocenters. The Hall–Kier alpha value is -3.02. The molecule has 118 valence electrons. The number of carbonyl (C=O) groups is 2. The zero-order valence-electron chi connectivity index (χ0n) is 12.8. The van der Waals surface area contributed by atoms with Gasteiger partial charge in [0.1, 0.15) is 5.82 Å². The average molecular weight is 313 g/mol. The quantitative estimate of drug-likeness (QED) is 0.673. The third-order valence-electron chi connectivity index (χ3n) is 3.05. The Morgan fingerprint density at radius 2 is 1.48 bits per heavy atom. The molecule has 0 aliphatic carbocycles. The number of hydrogen-bond acceptors (Lipinski definition) is 3. The van der Waals surface area contributed by atoms with Crippen LogP contribution >= 0.6 is 0 Å². The Kier molecular flexibility index (Phi) is 5.19. The molecular weight excluding hydrogens is 297 g/mol. The predicted octanol–water partition coefficient (Wildman–Crippen LogP) is 2.94. The van der Waals surface area contributed by atoms with Crippen molar-refractivity contribution in [3.8, 4) is 0 Å². The minimum Gasteiger partial charge on any atom is -0.326 e. The Bertz CT molecular complexity index is 737. The van der Waals surface area contributed by atoms with Crippen LogP contribution in [0.25, 0.3) is 0 Å². The van der Waals surface area contributed by atoms with Crippen molar-refractivity contribution in [2.75, 3.05) is 5.32 Å². The first-order valence-electron chi connectivity index (χ1n) is 6.94. The molecule has 23 heavy (non-hydrogen) atoms. The Labute approximate surface area is 133 Å². The molecule has 5 nitrogen and oxygen atoms in total. The molecule has 0 saturated heterocycles. The van der Waals surface area contributed by atoms with E-state index in [9.17, 15) is 14.0 Å². The number of hydrazone groups is 1. The van der Waals surface area contributed by atoms with Crippen LogP contribution in [0.2, 0.25) is 0 Å². The molecule has 0 heterocycles. The number of halogens is 1. The first-order valence-corrected chi connectivity index (χ1v) is 6.94. The smallest absolute Gasteiger partial charge is 0.271 e. The van der Waals surface area contributed by atoms with Crippen LogP contribution in [0, 0.1) is 5.82 Å². The molecule has 0 aliphatic heterocycles. The molecule has 0 fully saturated rings. The van der Waals surface area contributed by atoms with Crippen molar-refractivity contribution in [3.63, 3.8) is 0 Å². The summed E-state index contributed by atoms with van der Waals surface area (Å²) < 4.78 is 12.9. The van der Waals surface area contributed by atoms with E-state index in [4.69, 9.17) is 0 Å². The van der Waals surface area contributed by atoms with E-state index in [-0.39, 0.29) is 17.6 Å². The van der Waals surface area contributed by atoms with E-state index in [1.807, 2.05) is 0 Å². The third-order valence-corrected chi connectivity index (χ3v) is 3.05. The first kappa shape index (κ1) is 16.4. The second-order valence-corrected chi connectivity index (χ2v) is 4.90. The number of nitrogens with zero attached hydrogens (tertiary/aromatic N) is 1. The average Bonchev–Trinajstić information content (AvgIpc) is 2.53. The van der Waals surface area contributed by atoms with Crippen molar-refractivity contribution >= 4 is 23.2 Å². The zero-order valence-corrected chi connectivity index (χ0v) is 12.8. The van der Waals surface area contributed by atoms with Crippen molar-refractivity contribution < 1.29 is 14.0 Å². The number of amides is 2. The zero-order chi connectivity index (χ0) is 16.8. The monoisotopic (exact) mass is 313 g/mol. The van der Waals surface area contributed by atoms with Crippen molar-refractivity contribution in [2.24, 2.45) is 5.10 Å². The van der Waals surface area contributed by atoms with Gasteiger partial charge in [0.2, 0.25) is 5.91 Å². The highest BCUT2D eigenvalue weighted by Gasteiger charge is 2.05. The van der Waals surface area contributed by atoms with Gasteiger partial charge in [-0.05, 0) is 48.9 Å². The summed E-state index contributed by atoms with van der Waals surface area (Å²) >= 11 is 0. The van der Waals surface area contributed by atoms with E-state index < -0.39 is 0 Å². The standard InChI is InChI=1S/C17H16FN3O2/c1-11(13-3-7-15(18)8-4-13)20-21-17(23)14-5-9-16(10-6-14)19-12(2)22/h3-10H,1-2H3,(H,19,22)(H,21,23). The lowest BCUT2D eigenvalue weighted by Crippen LogP contribution is -2.19. The number of anilines is 1. The van der Waals surface area contributed by atoms with Gasteiger partial charge in [0.25, 0.3) is 5.91 Å². The SMILES string of the molecule is CC(=O)Nc1ccc(C(=O)NN=C(C)c2ccc(F)cc2)cc1. The second-order valence-electron chi connectivity index (χ2n) is 4.90. The molecule has 2 N–H and O–H groups in total. The molecule has 2 aromatic rings. The maximum atomic E-state index is 12.9. The van der Waals surface area contributed by atoms with Gasteiger partial charge in [0.05, 0.1) is 5.71 Å². The fraction of sp³-hybridized carbons (Fsp3) is 0.118. The Balaban J connectivity index is 2.02. The summed E-state index contributed by atoms with van der Waals surface area (Å²) in [6, 6.07) is 12.3. The second kappa shape index (κ2) is 7.31. The summed E-state index contributed by atoms with van der Waals surface area (Å²) in [5, 5.41) is 6.61. The Morgan fingerprint density at radius 1 is 0.913 bits per heavy atom. The van der Waals surface area contributed by atoms with Gasteiger partial charge >= 0.3 is 0 Å². The lowest BCUT2D eigenvalue weighted by Gasteiger charge is -2.05. The molecule has 2 rings (SSSR count). The van der Waals surface area contributed by atoms with Crippen molar-refractivity contribution in [2.45, 2.75) is 13.8 Å². The maximum absolute atomic E-state index is 12.9. The summed E-state index contributed by atoms with van der Waals surface area (Å²) in [7, 11) is 0. The lowest BCUT2D eigenvalue weighted by molar-refractivity contribution is -0.114. The van der Waals surface area contributed by atoms with Gasteiger partial charge in [-0.15, -0.1) is 0 Å². The van der Waals surface area contributed by atoms with Gasteiger partial charge in [-0.25, -0.2) is 9.82 Å². The largest absolute Gasteiger partial charge is 0.326 e. The molecular formula is C17H16FN3O2. The molecule has 0 aliphatic rings. The summed E-state index contributed by atoms with van der Waals surface area (Å²) in [5.41, 5.74) is 4.74. The molecule has 0 radical (unpaired) electrons. The van der Waals surface area contributed by atoms with E-state index in [1.165, 1.54) is 19.1 Å². The third kappa shape index (κ3) is 4.74. The summed E-state index contributed by atoms with van der Waals surface area (Å²) in [6.45, 7) is 3.13. The molecule has 0 saturated carbocycles. The summed E-state index contributed by atoms with van der Waals surface area (Å²) in [6.07, 6.45) is 0. The van der Waals surface area contributed by atoms with Crippen molar-refractivity contribution in [1.29, 1.82) is 0 Å². The van der Waals surface area contributed by atoms with Crippen LogP contribution in [-0.4, -0.2) is 17.5 Å². The molecule has 6 heteroatoms. The van der Waals surface area contributed by atoms with E-state index in [0.717, 1.165) is 0 Å². The highest BCUT2D eigenvalue weighted by atomic mass is 19.1. The van der Waals surface area contributed by atoms with Crippen LogP contribution in [0.15, 0.2) is 53.6 Å². The lowest BCUT2D eigenvalue weighted by atomic mass is 10.1. The molecule has 0 aromatic heterocycles. The van der Waals surface area contributed by atoms with Crippen molar-refractivity contribution in [1.82, 2.24) is 5.43 Å². The first-order chi connectivity index (χ1) is 11.0. The van der Waals surface area contributed by atoms with E-state index in [2.05, 4.69) is 15.8 Å². The number of hydrogen-bond donors (Lipinski definition) is 2. The fourth-order valence-corrected chi connectivity index (χ4v) is 1.86.